The maximum atomic E-state index is 12.3. The number of hydrogen-bond donors (Lipinski definition) is 1. The lowest BCUT2D eigenvalue weighted by atomic mass is 10.1. The summed E-state index contributed by atoms with van der Waals surface area (Å²) in [5.41, 5.74) is 5.20. The second-order valence-corrected chi connectivity index (χ2v) is 10.2. The molecule has 2 aromatic carbocycles. The van der Waals surface area contributed by atoms with E-state index in [0.717, 1.165) is 39.6 Å². The van der Waals surface area contributed by atoms with Crippen LogP contribution in [0.25, 0.3) is 0 Å². The topological polar surface area (TPSA) is 66.5 Å². The average Bonchev–Trinajstić information content (AvgIpc) is 2.65. The molecule has 0 aliphatic rings. The van der Waals surface area contributed by atoms with Gasteiger partial charge in [-0.2, -0.15) is 11.8 Å². The molecule has 0 heterocycles. The predicted molar refractivity (Wildman–Crippen MR) is 123 cm³/mol. The zero-order valence-electron chi connectivity index (χ0n) is 17.6. The summed E-state index contributed by atoms with van der Waals surface area (Å²) in [5, 5.41) is 2.83. The number of sulfonamides is 1. The third-order valence-electron chi connectivity index (χ3n) is 4.77. The van der Waals surface area contributed by atoms with Crippen LogP contribution in [0.3, 0.4) is 0 Å². The van der Waals surface area contributed by atoms with Crippen LogP contribution in [0, 0.1) is 20.8 Å². The fourth-order valence-electron chi connectivity index (χ4n) is 2.82. The molecule has 0 saturated heterocycles. The molecule has 0 saturated carbocycles. The molecular formula is C22H30N2O3S2. The van der Waals surface area contributed by atoms with Gasteiger partial charge in [-0.05, 0) is 67.3 Å². The number of amides is 1. The van der Waals surface area contributed by atoms with Crippen molar-refractivity contribution in [2.75, 3.05) is 29.4 Å². The number of carbonyl (C=O) groups is 1. The number of nitrogens with one attached hydrogen (secondary N) is 1. The first-order valence-corrected chi connectivity index (χ1v) is 12.6. The van der Waals surface area contributed by atoms with Gasteiger partial charge in [-0.3, -0.25) is 9.10 Å². The van der Waals surface area contributed by atoms with Crippen LogP contribution in [-0.4, -0.2) is 39.4 Å². The third-order valence-corrected chi connectivity index (χ3v) is 7.01. The maximum absolute atomic E-state index is 12.3. The summed E-state index contributed by atoms with van der Waals surface area (Å²) < 4.78 is 25.5. The molecule has 0 bridgehead atoms. The average molecular weight is 435 g/mol. The van der Waals surface area contributed by atoms with E-state index in [1.54, 1.807) is 12.1 Å². The molecule has 0 spiro atoms. The molecule has 1 amide bonds. The molecule has 0 aliphatic carbocycles. The highest BCUT2D eigenvalue weighted by atomic mass is 32.2. The van der Waals surface area contributed by atoms with Gasteiger partial charge in [0.15, 0.2) is 0 Å². The summed E-state index contributed by atoms with van der Waals surface area (Å²) in [6.45, 7) is 6.32. The van der Waals surface area contributed by atoms with Gasteiger partial charge in [0.2, 0.25) is 15.9 Å². The van der Waals surface area contributed by atoms with Gasteiger partial charge in [0.1, 0.15) is 6.54 Å². The summed E-state index contributed by atoms with van der Waals surface area (Å²) in [7, 11) is -3.55. The summed E-state index contributed by atoms with van der Waals surface area (Å²) in [6, 6.07) is 13.7. The summed E-state index contributed by atoms with van der Waals surface area (Å²) in [5.74, 6) is 1.59. The Balaban J connectivity index is 1.80. The number of thioether (sulfide) groups is 1. The van der Waals surface area contributed by atoms with Crippen LogP contribution in [0.15, 0.2) is 42.5 Å². The summed E-state index contributed by atoms with van der Waals surface area (Å²) >= 11 is 1.83. The molecular weight excluding hydrogens is 404 g/mol. The second-order valence-electron chi connectivity index (χ2n) is 7.22. The lowest BCUT2D eigenvalue weighted by Crippen LogP contribution is -2.40. The van der Waals surface area contributed by atoms with E-state index >= 15 is 0 Å². The quantitative estimate of drug-likeness (QED) is 0.578. The molecule has 2 aromatic rings. The number of hydrogen-bond acceptors (Lipinski definition) is 4. The van der Waals surface area contributed by atoms with Crippen LogP contribution in [0.1, 0.15) is 28.7 Å². The lowest BCUT2D eigenvalue weighted by Gasteiger charge is -2.22. The molecule has 0 unspecified atom stereocenters. The molecule has 0 fully saturated rings. The third kappa shape index (κ3) is 7.40. The van der Waals surface area contributed by atoms with E-state index in [2.05, 4.69) is 24.4 Å². The number of nitrogens with zero attached hydrogens (tertiary/aromatic N) is 1. The number of benzene rings is 2. The van der Waals surface area contributed by atoms with Gasteiger partial charge in [-0.1, -0.05) is 30.3 Å². The lowest BCUT2D eigenvalue weighted by molar-refractivity contribution is -0.119. The van der Waals surface area contributed by atoms with Gasteiger partial charge in [0.25, 0.3) is 0 Å². The second kappa shape index (κ2) is 10.7. The molecule has 1 N–H and O–H groups in total. The van der Waals surface area contributed by atoms with Crippen molar-refractivity contribution in [3.8, 4) is 0 Å². The molecule has 5 nitrogen and oxygen atoms in total. The first kappa shape index (κ1) is 23.3. The highest BCUT2D eigenvalue weighted by Gasteiger charge is 2.21. The number of rotatable bonds is 10. The molecule has 0 atom stereocenters. The highest BCUT2D eigenvalue weighted by Crippen LogP contribution is 2.21. The molecule has 0 radical (unpaired) electrons. The Hall–Kier alpha value is -1.99. The van der Waals surface area contributed by atoms with E-state index in [4.69, 9.17) is 0 Å². The van der Waals surface area contributed by atoms with Crippen LogP contribution < -0.4 is 9.62 Å². The molecule has 2 rings (SSSR count). The Labute approximate surface area is 178 Å². The van der Waals surface area contributed by atoms with Crippen molar-refractivity contribution < 1.29 is 13.2 Å². The monoisotopic (exact) mass is 434 g/mol. The fourth-order valence-corrected chi connectivity index (χ4v) is 4.71. The van der Waals surface area contributed by atoms with Crippen molar-refractivity contribution in [1.82, 2.24) is 5.32 Å². The van der Waals surface area contributed by atoms with Crippen LogP contribution in [-0.2, 0) is 20.6 Å². The van der Waals surface area contributed by atoms with E-state index in [1.165, 1.54) is 11.1 Å². The minimum Gasteiger partial charge on any atom is -0.354 e. The molecule has 29 heavy (non-hydrogen) atoms. The Morgan fingerprint density at radius 2 is 1.76 bits per heavy atom. The summed E-state index contributed by atoms with van der Waals surface area (Å²) in [6.07, 6.45) is 1.96. The molecule has 7 heteroatoms. The van der Waals surface area contributed by atoms with Crippen LogP contribution >= 0.6 is 11.8 Å². The van der Waals surface area contributed by atoms with Crippen LogP contribution in [0.2, 0.25) is 0 Å². The van der Waals surface area contributed by atoms with Gasteiger partial charge in [-0.15, -0.1) is 0 Å². The molecule has 0 aliphatic heterocycles. The fraction of sp³-hybridized carbons (Fsp3) is 0.409. The summed E-state index contributed by atoms with van der Waals surface area (Å²) in [4.78, 5) is 12.3. The first-order valence-electron chi connectivity index (χ1n) is 9.62. The van der Waals surface area contributed by atoms with Crippen molar-refractivity contribution in [2.24, 2.45) is 0 Å². The van der Waals surface area contributed by atoms with Crippen LogP contribution in [0.5, 0.6) is 0 Å². The Kier molecular flexibility index (Phi) is 8.59. The first-order chi connectivity index (χ1) is 13.7. The standard InChI is InChI=1S/C22H30N2O3S2/c1-17-10-11-21(14-19(17)3)24(29(4,26)27)15-22(25)23-12-7-13-28-16-20-9-6-5-8-18(20)2/h5-6,8-11,14H,7,12-13,15-16H2,1-4H3,(H,23,25). The Morgan fingerprint density at radius 1 is 1.03 bits per heavy atom. The minimum atomic E-state index is -3.55. The predicted octanol–water partition coefficient (Wildman–Crippen LogP) is 3.82. The smallest absolute Gasteiger partial charge is 0.240 e. The van der Waals surface area contributed by atoms with Crippen molar-refractivity contribution in [3.05, 3.63) is 64.7 Å². The van der Waals surface area contributed by atoms with E-state index < -0.39 is 10.0 Å². The van der Waals surface area contributed by atoms with Crippen molar-refractivity contribution in [2.45, 2.75) is 32.9 Å². The van der Waals surface area contributed by atoms with Gasteiger partial charge in [0.05, 0.1) is 11.9 Å². The van der Waals surface area contributed by atoms with Crippen LogP contribution in [0.4, 0.5) is 5.69 Å². The number of carbonyl (C=O) groups excluding carboxylic acids is 1. The van der Waals surface area contributed by atoms with Gasteiger partial charge in [-0.25, -0.2) is 8.42 Å². The molecule has 158 valence electrons. The Bertz CT molecular complexity index is 943. The zero-order valence-corrected chi connectivity index (χ0v) is 19.2. The van der Waals surface area contributed by atoms with E-state index in [1.807, 2.05) is 43.8 Å². The van der Waals surface area contributed by atoms with E-state index in [9.17, 15) is 13.2 Å². The van der Waals surface area contributed by atoms with E-state index in [0.29, 0.717) is 12.2 Å². The largest absolute Gasteiger partial charge is 0.354 e. The van der Waals surface area contributed by atoms with Gasteiger partial charge in [0, 0.05) is 12.3 Å². The zero-order chi connectivity index (χ0) is 21.4. The minimum absolute atomic E-state index is 0.211. The van der Waals surface area contributed by atoms with Gasteiger partial charge >= 0.3 is 0 Å². The Morgan fingerprint density at radius 3 is 2.41 bits per heavy atom. The highest BCUT2D eigenvalue weighted by molar-refractivity contribution is 7.98. The number of aryl methyl sites for hydroxylation is 3. The normalized spacial score (nSPS) is 11.3. The SMILES string of the molecule is Cc1ccc(N(CC(=O)NCCCSCc2ccccc2C)S(C)(=O)=O)cc1C. The van der Waals surface area contributed by atoms with Gasteiger partial charge < -0.3 is 5.32 Å². The number of anilines is 1. The van der Waals surface area contributed by atoms with E-state index in [-0.39, 0.29) is 12.5 Å². The van der Waals surface area contributed by atoms with Crippen molar-refractivity contribution >= 4 is 33.4 Å². The maximum Gasteiger partial charge on any atom is 0.240 e. The van der Waals surface area contributed by atoms with Crippen molar-refractivity contribution in [1.29, 1.82) is 0 Å². The van der Waals surface area contributed by atoms with Crippen molar-refractivity contribution in [3.63, 3.8) is 0 Å². The molecule has 0 aromatic heterocycles.